The van der Waals surface area contributed by atoms with E-state index in [0.717, 1.165) is 12.8 Å². The molecule has 26 heavy (non-hydrogen) atoms. The molecule has 2 atom stereocenters. The molecule has 0 saturated heterocycles. The fraction of sp³-hybridized carbons (Fsp3) is 0.409. The maximum atomic E-state index is 12.6. The zero-order valence-corrected chi connectivity index (χ0v) is 15.6. The van der Waals surface area contributed by atoms with Crippen molar-refractivity contribution in [2.24, 2.45) is 0 Å². The van der Waals surface area contributed by atoms with Gasteiger partial charge in [0.05, 0.1) is 19.3 Å². The number of aryl methyl sites for hydroxylation is 1. The molecule has 0 fully saturated rings. The van der Waals surface area contributed by atoms with Crippen LogP contribution in [0.5, 0.6) is 0 Å². The SMILES string of the molecule is COCCOC(C)OC(CCc1ccccc1)CC(=O)c1ccccc1. The number of ether oxygens (including phenoxy) is 3. The number of ketones is 1. The molecular formula is C22H28O4. The van der Waals surface area contributed by atoms with E-state index in [2.05, 4.69) is 12.1 Å². The molecule has 0 radical (unpaired) electrons. The lowest BCUT2D eigenvalue weighted by Gasteiger charge is -2.22. The van der Waals surface area contributed by atoms with Crippen molar-refractivity contribution >= 4 is 5.78 Å². The molecule has 0 bridgehead atoms. The smallest absolute Gasteiger partial charge is 0.165 e. The van der Waals surface area contributed by atoms with Crippen LogP contribution in [0.1, 0.15) is 35.7 Å². The number of carbonyl (C=O) groups excluding carboxylic acids is 1. The van der Waals surface area contributed by atoms with Gasteiger partial charge in [0.1, 0.15) is 0 Å². The van der Waals surface area contributed by atoms with Gasteiger partial charge in [-0.1, -0.05) is 60.7 Å². The molecule has 0 aliphatic carbocycles. The van der Waals surface area contributed by atoms with Gasteiger partial charge in [-0.2, -0.15) is 0 Å². The standard InChI is InChI=1S/C22H28O4/c1-18(25-16-15-24-2)26-21(14-13-19-9-5-3-6-10-19)17-22(23)20-11-7-4-8-12-20/h3-12,18,21H,13-17H2,1-2H3. The summed E-state index contributed by atoms with van der Waals surface area (Å²) >= 11 is 0. The maximum Gasteiger partial charge on any atom is 0.165 e. The lowest BCUT2D eigenvalue weighted by molar-refractivity contribution is -0.165. The first-order valence-corrected chi connectivity index (χ1v) is 9.07. The Morgan fingerprint density at radius 1 is 0.962 bits per heavy atom. The highest BCUT2D eigenvalue weighted by atomic mass is 16.7. The molecule has 0 amide bonds. The van der Waals surface area contributed by atoms with E-state index in [1.807, 2.05) is 55.5 Å². The van der Waals surface area contributed by atoms with Crippen LogP contribution in [0, 0.1) is 0 Å². The lowest BCUT2D eigenvalue weighted by Crippen LogP contribution is -2.26. The monoisotopic (exact) mass is 356 g/mol. The van der Waals surface area contributed by atoms with Crippen molar-refractivity contribution in [3.8, 4) is 0 Å². The average Bonchev–Trinajstić information content (AvgIpc) is 2.68. The van der Waals surface area contributed by atoms with Crippen molar-refractivity contribution in [2.45, 2.75) is 38.6 Å². The summed E-state index contributed by atoms with van der Waals surface area (Å²) in [4.78, 5) is 12.6. The van der Waals surface area contributed by atoms with Gasteiger partial charge < -0.3 is 14.2 Å². The summed E-state index contributed by atoms with van der Waals surface area (Å²) in [6, 6.07) is 19.6. The summed E-state index contributed by atoms with van der Waals surface area (Å²) in [5.41, 5.74) is 1.95. The molecule has 0 aliphatic rings. The zero-order chi connectivity index (χ0) is 18.6. The molecular weight excluding hydrogens is 328 g/mol. The summed E-state index contributed by atoms with van der Waals surface area (Å²) in [5, 5.41) is 0. The minimum Gasteiger partial charge on any atom is -0.382 e. The van der Waals surface area contributed by atoms with Gasteiger partial charge in [0.2, 0.25) is 0 Å². The molecule has 2 aromatic rings. The predicted molar refractivity (Wildman–Crippen MR) is 102 cm³/mol. The van der Waals surface area contributed by atoms with Crippen LogP contribution in [0.25, 0.3) is 0 Å². The third-order valence-corrected chi connectivity index (χ3v) is 4.13. The highest BCUT2D eigenvalue weighted by molar-refractivity contribution is 5.96. The highest BCUT2D eigenvalue weighted by Gasteiger charge is 2.19. The van der Waals surface area contributed by atoms with Crippen LogP contribution < -0.4 is 0 Å². The van der Waals surface area contributed by atoms with Crippen LogP contribution in [0.4, 0.5) is 0 Å². The third-order valence-electron chi connectivity index (χ3n) is 4.13. The summed E-state index contributed by atoms with van der Waals surface area (Å²) in [7, 11) is 1.63. The van der Waals surface area contributed by atoms with Crippen LogP contribution in [0.2, 0.25) is 0 Å². The van der Waals surface area contributed by atoms with Gasteiger partial charge in [-0.15, -0.1) is 0 Å². The Kier molecular flexibility index (Phi) is 9.04. The molecule has 2 rings (SSSR count). The minimum absolute atomic E-state index is 0.0905. The van der Waals surface area contributed by atoms with Crippen molar-refractivity contribution in [1.29, 1.82) is 0 Å². The molecule has 4 heteroatoms. The number of carbonyl (C=O) groups is 1. The second kappa shape index (κ2) is 11.6. The number of methoxy groups -OCH3 is 1. The topological polar surface area (TPSA) is 44.8 Å². The van der Waals surface area contributed by atoms with Gasteiger partial charge in [0, 0.05) is 19.1 Å². The van der Waals surface area contributed by atoms with Crippen molar-refractivity contribution < 1.29 is 19.0 Å². The summed E-state index contributed by atoms with van der Waals surface area (Å²) in [6.45, 7) is 2.85. The van der Waals surface area contributed by atoms with E-state index in [1.54, 1.807) is 7.11 Å². The van der Waals surface area contributed by atoms with Gasteiger partial charge in [0.25, 0.3) is 0 Å². The van der Waals surface area contributed by atoms with Crippen molar-refractivity contribution in [1.82, 2.24) is 0 Å². The quantitative estimate of drug-likeness (QED) is 0.323. The number of hydrogen-bond acceptors (Lipinski definition) is 4. The van der Waals surface area contributed by atoms with Gasteiger partial charge in [-0.05, 0) is 25.3 Å². The second-order valence-corrected chi connectivity index (χ2v) is 6.21. The molecule has 4 nitrogen and oxygen atoms in total. The first-order valence-electron chi connectivity index (χ1n) is 9.07. The van der Waals surface area contributed by atoms with Crippen molar-refractivity contribution in [3.05, 3.63) is 71.8 Å². The molecule has 0 aliphatic heterocycles. The Labute approximate surface area is 156 Å². The fourth-order valence-corrected chi connectivity index (χ4v) is 2.75. The number of rotatable bonds is 12. The van der Waals surface area contributed by atoms with E-state index in [1.165, 1.54) is 5.56 Å². The Bertz CT molecular complexity index is 627. The number of Topliss-reactive ketones (excluding diaryl/α,β-unsaturated/α-hetero) is 1. The minimum atomic E-state index is -0.380. The van der Waals surface area contributed by atoms with Crippen LogP contribution in [0.3, 0.4) is 0 Å². The van der Waals surface area contributed by atoms with Crippen LogP contribution >= 0.6 is 0 Å². The molecule has 2 aromatic carbocycles. The second-order valence-electron chi connectivity index (χ2n) is 6.21. The van der Waals surface area contributed by atoms with Crippen LogP contribution in [-0.2, 0) is 20.6 Å². The molecule has 140 valence electrons. The number of benzene rings is 2. The lowest BCUT2D eigenvalue weighted by atomic mass is 10.00. The Morgan fingerprint density at radius 3 is 2.27 bits per heavy atom. The van der Waals surface area contributed by atoms with Gasteiger partial charge >= 0.3 is 0 Å². The van der Waals surface area contributed by atoms with E-state index >= 15 is 0 Å². The summed E-state index contributed by atoms with van der Waals surface area (Å²) in [6.07, 6.45) is 1.39. The van der Waals surface area contributed by atoms with Crippen molar-refractivity contribution in [3.63, 3.8) is 0 Å². The average molecular weight is 356 g/mol. The molecule has 2 unspecified atom stereocenters. The first kappa shape index (κ1) is 20.3. The molecule has 0 aromatic heterocycles. The Balaban J connectivity index is 1.94. The van der Waals surface area contributed by atoms with E-state index < -0.39 is 0 Å². The number of hydrogen-bond donors (Lipinski definition) is 0. The Hall–Kier alpha value is -2.01. The Morgan fingerprint density at radius 2 is 1.62 bits per heavy atom. The normalized spacial score (nSPS) is 13.3. The zero-order valence-electron chi connectivity index (χ0n) is 15.6. The molecule has 0 saturated carbocycles. The first-order chi connectivity index (χ1) is 12.7. The summed E-state index contributed by atoms with van der Waals surface area (Å²) in [5.74, 6) is 0.0905. The fourth-order valence-electron chi connectivity index (χ4n) is 2.75. The molecule has 0 spiro atoms. The van der Waals surface area contributed by atoms with Gasteiger partial charge in [-0.25, -0.2) is 0 Å². The van der Waals surface area contributed by atoms with Gasteiger partial charge in [0.15, 0.2) is 12.1 Å². The maximum absolute atomic E-state index is 12.6. The van der Waals surface area contributed by atoms with Gasteiger partial charge in [-0.3, -0.25) is 4.79 Å². The van der Waals surface area contributed by atoms with E-state index in [4.69, 9.17) is 14.2 Å². The third kappa shape index (κ3) is 7.48. The largest absolute Gasteiger partial charge is 0.382 e. The van der Waals surface area contributed by atoms with E-state index in [9.17, 15) is 4.79 Å². The van der Waals surface area contributed by atoms with Crippen molar-refractivity contribution in [2.75, 3.05) is 20.3 Å². The van der Waals surface area contributed by atoms with E-state index in [-0.39, 0.29) is 18.2 Å². The van der Waals surface area contributed by atoms with E-state index in [0.29, 0.717) is 25.2 Å². The van der Waals surface area contributed by atoms with Crippen LogP contribution in [0.15, 0.2) is 60.7 Å². The van der Waals surface area contributed by atoms with Crippen LogP contribution in [-0.4, -0.2) is 38.5 Å². The predicted octanol–water partition coefficient (Wildman–Crippen LogP) is 4.29. The molecule has 0 heterocycles. The molecule has 0 N–H and O–H groups in total. The summed E-state index contributed by atoms with van der Waals surface area (Å²) < 4.78 is 16.6. The highest BCUT2D eigenvalue weighted by Crippen LogP contribution is 2.16.